The van der Waals surface area contributed by atoms with Crippen LogP contribution in [-0.2, 0) is 22.7 Å². The Morgan fingerprint density at radius 3 is 2.30 bits per heavy atom. The molecule has 0 saturated carbocycles. The number of hydroxylamine groups is 1. The average molecular weight is 521 g/mol. The smallest absolute Gasteiger partial charge is 0.332 e. The van der Waals surface area contributed by atoms with Gasteiger partial charge in [0.25, 0.3) is 11.8 Å². The number of anilines is 1. The summed E-state index contributed by atoms with van der Waals surface area (Å²) in [5.74, 6) is -1.44. The first-order valence-corrected chi connectivity index (χ1v) is 12.0. The van der Waals surface area contributed by atoms with Crippen LogP contribution in [0.1, 0.15) is 34.3 Å². The molecule has 1 atom stereocenters. The van der Waals surface area contributed by atoms with E-state index in [2.05, 4.69) is 5.32 Å². The number of halogens is 1. The number of rotatable bonds is 9. The van der Waals surface area contributed by atoms with E-state index in [1.807, 2.05) is 30.3 Å². The van der Waals surface area contributed by atoms with E-state index in [0.29, 0.717) is 16.3 Å². The largest absolute Gasteiger partial charge is 0.352 e. The van der Waals surface area contributed by atoms with Gasteiger partial charge in [0, 0.05) is 30.1 Å². The van der Waals surface area contributed by atoms with Gasteiger partial charge in [-0.3, -0.25) is 19.6 Å². The number of hydrogen-bond acceptors (Lipinski definition) is 5. The number of nitrogens with zero attached hydrogens (tertiary/aromatic N) is 2. The van der Waals surface area contributed by atoms with Gasteiger partial charge in [0.05, 0.1) is 5.69 Å². The van der Waals surface area contributed by atoms with Gasteiger partial charge in [0.1, 0.15) is 6.04 Å². The van der Waals surface area contributed by atoms with Crippen molar-refractivity contribution in [1.82, 2.24) is 15.7 Å². The van der Waals surface area contributed by atoms with Crippen molar-refractivity contribution in [3.63, 3.8) is 0 Å². The number of carbonyl (C=O) groups excluding carboxylic acids is 4. The summed E-state index contributed by atoms with van der Waals surface area (Å²) in [5.41, 5.74) is 3.60. The van der Waals surface area contributed by atoms with Gasteiger partial charge in [-0.2, -0.15) is 0 Å². The monoisotopic (exact) mass is 520 g/mol. The predicted molar refractivity (Wildman–Crippen MR) is 137 cm³/mol. The quantitative estimate of drug-likeness (QED) is 0.225. The van der Waals surface area contributed by atoms with Crippen LogP contribution in [0, 0.1) is 0 Å². The third-order valence-electron chi connectivity index (χ3n) is 6.08. The minimum atomic E-state index is -0.832. The molecule has 0 bridgehead atoms. The molecule has 4 rings (SSSR count). The predicted octanol–water partition coefficient (Wildman–Crippen LogP) is 3.89. The van der Waals surface area contributed by atoms with E-state index >= 15 is 0 Å². The maximum absolute atomic E-state index is 13.4. The van der Waals surface area contributed by atoms with Crippen molar-refractivity contribution >= 4 is 41.0 Å². The Bertz CT molecular complexity index is 1300. The van der Waals surface area contributed by atoms with E-state index in [0.717, 1.165) is 10.5 Å². The molecule has 1 heterocycles. The molecule has 0 spiro atoms. The summed E-state index contributed by atoms with van der Waals surface area (Å²) in [7, 11) is 0. The SMILES string of the molecule is O=C(CCC1C(=O)N(c2ccc(Cl)cc2)C(=O)N1Cc1ccccc1)NCc1ccccc1C(=O)NO. The highest BCUT2D eigenvalue weighted by Gasteiger charge is 2.45. The summed E-state index contributed by atoms with van der Waals surface area (Å²) in [6, 6.07) is 21.0. The fraction of sp³-hybridized carbons (Fsp3) is 0.185. The zero-order chi connectivity index (χ0) is 26.4. The molecule has 0 aromatic heterocycles. The first-order valence-electron chi connectivity index (χ1n) is 11.6. The Kier molecular flexibility index (Phi) is 8.17. The molecule has 1 saturated heterocycles. The second-order valence-electron chi connectivity index (χ2n) is 8.48. The number of benzene rings is 3. The van der Waals surface area contributed by atoms with Crippen molar-refractivity contribution in [2.45, 2.75) is 32.0 Å². The summed E-state index contributed by atoms with van der Waals surface area (Å²) in [6.07, 6.45) is 0.101. The van der Waals surface area contributed by atoms with E-state index in [1.165, 1.54) is 11.0 Å². The standard InChI is InChI=1S/C27H25ClN4O5/c28-20-10-12-21(13-11-20)32-26(35)23(31(27(32)36)17-18-6-2-1-3-7-18)14-15-24(33)29-16-19-8-4-5-9-22(19)25(34)30-37/h1-13,23,37H,14-17H2,(H,29,33)(H,30,34). The molecule has 9 nitrogen and oxygen atoms in total. The van der Waals surface area contributed by atoms with Gasteiger partial charge in [-0.1, -0.05) is 60.1 Å². The number of nitrogens with one attached hydrogen (secondary N) is 2. The molecule has 3 aromatic rings. The summed E-state index contributed by atoms with van der Waals surface area (Å²) in [4.78, 5) is 53.8. The third kappa shape index (κ3) is 5.96. The lowest BCUT2D eigenvalue weighted by Crippen LogP contribution is -2.36. The highest BCUT2D eigenvalue weighted by molar-refractivity contribution is 6.30. The van der Waals surface area contributed by atoms with Crippen molar-refractivity contribution < 1.29 is 24.4 Å². The summed E-state index contributed by atoms with van der Waals surface area (Å²) < 4.78 is 0. The van der Waals surface area contributed by atoms with Crippen LogP contribution in [0.15, 0.2) is 78.9 Å². The third-order valence-corrected chi connectivity index (χ3v) is 6.34. The number of carbonyl (C=O) groups is 4. The second kappa shape index (κ2) is 11.7. The van der Waals surface area contributed by atoms with Crippen LogP contribution in [-0.4, -0.2) is 39.9 Å². The molecule has 1 aliphatic heterocycles. The molecule has 10 heteroatoms. The van der Waals surface area contributed by atoms with Crippen molar-refractivity contribution in [1.29, 1.82) is 0 Å². The Labute approximate surface area is 218 Å². The van der Waals surface area contributed by atoms with Gasteiger partial charge in [-0.05, 0) is 47.9 Å². The van der Waals surface area contributed by atoms with Gasteiger partial charge in [0.2, 0.25) is 5.91 Å². The van der Waals surface area contributed by atoms with Crippen molar-refractivity contribution in [3.8, 4) is 0 Å². The molecule has 37 heavy (non-hydrogen) atoms. The highest BCUT2D eigenvalue weighted by Crippen LogP contribution is 2.29. The van der Waals surface area contributed by atoms with Crippen LogP contribution in [0.25, 0.3) is 0 Å². The molecule has 0 radical (unpaired) electrons. The van der Waals surface area contributed by atoms with Gasteiger partial charge in [-0.15, -0.1) is 0 Å². The minimum absolute atomic E-state index is 0.0161. The number of imide groups is 1. The van der Waals surface area contributed by atoms with E-state index in [9.17, 15) is 19.2 Å². The average Bonchev–Trinajstić information content (AvgIpc) is 3.15. The van der Waals surface area contributed by atoms with Gasteiger partial charge in [0.15, 0.2) is 0 Å². The molecule has 1 fully saturated rings. The first kappa shape index (κ1) is 25.9. The normalized spacial score (nSPS) is 15.1. The summed E-state index contributed by atoms with van der Waals surface area (Å²) in [6.45, 7) is 0.274. The van der Waals surface area contributed by atoms with E-state index in [4.69, 9.17) is 16.8 Å². The van der Waals surface area contributed by atoms with E-state index < -0.39 is 23.9 Å². The molecular weight excluding hydrogens is 496 g/mol. The van der Waals surface area contributed by atoms with Crippen LogP contribution >= 0.6 is 11.6 Å². The molecule has 0 aliphatic carbocycles. The number of hydrogen-bond donors (Lipinski definition) is 3. The van der Waals surface area contributed by atoms with Crippen molar-refractivity contribution in [2.24, 2.45) is 0 Å². The molecule has 5 amide bonds. The van der Waals surface area contributed by atoms with E-state index in [-0.39, 0.29) is 37.4 Å². The Morgan fingerprint density at radius 1 is 0.919 bits per heavy atom. The second-order valence-corrected chi connectivity index (χ2v) is 8.91. The first-order chi connectivity index (χ1) is 17.9. The fourth-order valence-corrected chi connectivity index (χ4v) is 4.34. The topological polar surface area (TPSA) is 119 Å². The Balaban J connectivity index is 1.47. The lowest BCUT2D eigenvalue weighted by Gasteiger charge is -2.22. The number of amides is 5. The minimum Gasteiger partial charge on any atom is -0.352 e. The molecule has 190 valence electrons. The summed E-state index contributed by atoms with van der Waals surface area (Å²) >= 11 is 5.97. The maximum Gasteiger partial charge on any atom is 0.332 e. The van der Waals surface area contributed by atoms with Crippen molar-refractivity contribution in [2.75, 3.05) is 4.90 Å². The van der Waals surface area contributed by atoms with E-state index in [1.54, 1.807) is 47.9 Å². The van der Waals surface area contributed by atoms with Gasteiger partial charge in [-0.25, -0.2) is 15.2 Å². The number of urea groups is 1. The van der Waals surface area contributed by atoms with Crippen LogP contribution in [0.2, 0.25) is 5.02 Å². The van der Waals surface area contributed by atoms with Crippen LogP contribution in [0.5, 0.6) is 0 Å². The summed E-state index contributed by atoms with van der Waals surface area (Å²) in [5, 5.41) is 12.1. The molecule has 1 aliphatic rings. The van der Waals surface area contributed by atoms with Gasteiger partial charge < -0.3 is 10.2 Å². The molecular formula is C27H25ClN4O5. The lowest BCUT2D eigenvalue weighted by molar-refractivity contribution is -0.122. The molecule has 3 N–H and O–H groups in total. The molecule has 1 unspecified atom stereocenters. The lowest BCUT2D eigenvalue weighted by atomic mass is 10.1. The van der Waals surface area contributed by atoms with Crippen LogP contribution < -0.4 is 15.7 Å². The fourth-order valence-electron chi connectivity index (χ4n) is 4.21. The van der Waals surface area contributed by atoms with Gasteiger partial charge >= 0.3 is 6.03 Å². The zero-order valence-electron chi connectivity index (χ0n) is 19.8. The maximum atomic E-state index is 13.4. The Hall–Kier alpha value is -4.21. The van der Waals surface area contributed by atoms with Crippen LogP contribution in [0.4, 0.5) is 10.5 Å². The zero-order valence-corrected chi connectivity index (χ0v) is 20.5. The Morgan fingerprint density at radius 2 is 1.59 bits per heavy atom. The van der Waals surface area contributed by atoms with Crippen LogP contribution in [0.3, 0.4) is 0 Å². The molecule has 3 aromatic carbocycles. The van der Waals surface area contributed by atoms with Crippen molar-refractivity contribution in [3.05, 3.63) is 101 Å². The highest BCUT2D eigenvalue weighted by atomic mass is 35.5.